The molecule has 25 heavy (non-hydrogen) atoms. The monoisotopic (exact) mass is 342 g/mol. The molecule has 1 aliphatic rings. The molecular formula is C19H19FN2O3. The Hall–Kier alpha value is -2.89. The van der Waals surface area contributed by atoms with Crippen LogP contribution in [0.2, 0.25) is 0 Å². The van der Waals surface area contributed by atoms with Gasteiger partial charge in [-0.1, -0.05) is 24.3 Å². The van der Waals surface area contributed by atoms with Gasteiger partial charge in [0.25, 0.3) is 5.91 Å². The smallest absolute Gasteiger partial charge is 0.255 e. The first kappa shape index (κ1) is 17.0. The predicted molar refractivity (Wildman–Crippen MR) is 90.7 cm³/mol. The van der Waals surface area contributed by atoms with E-state index in [1.807, 2.05) is 0 Å². The molecule has 130 valence electrons. The Morgan fingerprint density at radius 2 is 2.08 bits per heavy atom. The molecule has 0 aromatic heterocycles. The number of methoxy groups -OCH3 is 1. The standard InChI is InChI=1S/C19H19FN2O3/c1-25-17-8-3-2-7-16(17)19(24)21-15-10-18(23)22(12-15)11-13-5-4-6-14(20)9-13/h2-9,15H,10-12H2,1H3,(H,21,24). The van der Waals surface area contributed by atoms with Crippen molar-refractivity contribution in [3.8, 4) is 5.75 Å². The molecule has 2 aromatic carbocycles. The highest BCUT2D eigenvalue weighted by Crippen LogP contribution is 2.19. The van der Waals surface area contributed by atoms with E-state index in [1.165, 1.54) is 19.2 Å². The molecule has 2 amide bonds. The lowest BCUT2D eigenvalue weighted by Crippen LogP contribution is -2.37. The molecule has 2 aromatic rings. The van der Waals surface area contributed by atoms with Crippen LogP contribution in [-0.4, -0.2) is 36.4 Å². The van der Waals surface area contributed by atoms with E-state index in [-0.39, 0.29) is 30.1 Å². The molecule has 1 fully saturated rings. The summed E-state index contributed by atoms with van der Waals surface area (Å²) < 4.78 is 18.5. The first-order valence-corrected chi connectivity index (χ1v) is 8.03. The van der Waals surface area contributed by atoms with Gasteiger partial charge in [0.1, 0.15) is 11.6 Å². The summed E-state index contributed by atoms with van der Waals surface area (Å²) in [5, 5.41) is 2.87. The third-order valence-electron chi connectivity index (χ3n) is 4.16. The molecule has 0 bridgehead atoms. The number of ether oxygens (including phenoxy) is 1. The number of para-hydroxylation sites is 1. The summed E-state index contributed by atoms with van der Waals surface area (Å²) in [7, 11) is 1.51. The first-order valence-electron chi connectivity index (χ1n) is 8.03. The first-order chi connectivity index (χ1) is 12.1. The topological polar surface area (TPSA) is 58.6 Å². The number of carbonyl (C=O) groups excluding carboxylic acids is 2. The van der Waals surface area contributed by atoms with E-state index in [4.69, 9.17) is 4.74 Å². The van der Waals surface area contributed by atoms with Gasteiger partial charge >= 0.3 is 0 Å². The van der Waals surface area contributed by atoms with E-state index < -0.39 is 0 Å². The third-order valence-corrected chi connectivity index (χ3v) is 4.16. The molecule has 0 saturated carbocycles. The Morgan fingerprint density at radius 1 is 1.28 bits per heavy atom. The summed E-state index contributed by atoms with van der Waals surface area (Å²) in [5.41, 5.74) is 1.16. The van der Waals surface area contributed by atoms with Gasteiger partial charge in [-0.2, -0.15) is 0 Å². The molecule has 0 spiro atoms. The molecule has 0 aliphatic carbocycles. The Morgan fingerprint density at radius 3 is 2.84 bits per heavy atom. The highest BCUT2D eigenvalue weighted by Gasteiger charge is 2.31. The molecule has 1 unspecified atom stereocenters. The van der Waals surface area contributed by atoms with Crippen LogP contribution >= 0.6 is 0 Å². The van der Waals surface area contributed by atoms with Crippen molar-refractivity contribution in [2.24, 2.45) is 0 Å². The number of likely N-dealkylation sites (tertiary alicyclic amines) is 1. The molecule has 1 heterocycles. The second-order valence-corrected chi connectivity index (χ2v) is 5.98. The van der Waals surface area contributed by atoms with Crippen molar-refractivity contribution in [2.75, 3.05) is 13.7 Å². The average Bonchev–Trinajstić information content (AvgIpc) is 2.94. The lowest BCUT2D eigenvalue weighted by molar-refractivity contribution is -0.128. The van der Waals surface area contributed by atoms with Crippen molar-refractivity contribution in [3.05, 3.63) is 65.5 Å². The summed E-state index contributed by atoms with van der Waals surface area (Å²) in [5.74, 6) is -0.177. The van der Waals surface area contributed by atoms with Crippen LogP contribution in [-0.2, 0) is 11.3 Å². The summed E-state index contributed by atoms with van der Waals surface area (Å²) >= 11 is 0. The number of rotatable bonds is 5. The Bertz CT molecular complexity index is 794. The van der Waals surface area contributed by atoms with Crippen molar-refractivity contribution in [2.45, 2.75) is 19.0 Å². The maximum absolute atomic E-state index is 13.3. The fraction of sp³-hybridized carbons (Fsp3) is 0.263. The third kappa shape index (κ3) is 3.96. The number of amides is 2. The number of hydrogen-bond acceptors (Lipinski definition) is 3. The minimum absolute atomic E-state index is 0.0606. The normalized spacial score (nSPS) is 16.8. The van der Waals surface area contributed by atoms with Crippen LogP contribution in [0.15, 0.2) is 48.5 Å². The van der Waals surface area contributed by atoms with Crippen LogP contribution in [0.25, 0.3) is 0 Å². The summed E-state index contributed by atoms with van der Waals surface area (Å²) in [6, 6.07) is 12.8. The van der Waals surface area contributed by atoms with Crippen LogP contribution in [0.3, 0.4) is 0 Å². The number of nitrogens with zero attached hydrogens (tertiary/aromatic N) is 1. The van der Waals surface area contributed by atoms with E-state index in [9.17, 15) is 14.0 Å². The maximum atomic E-state index is 13.3. The van der Waals surface area contributed by atoms with Crippen LogP contribution in [0, 0.1) is 5.82 Å². The van der Waals surface area contributed by atoms with Gasteiger partial charge in [0.05, 0.1) is 18.7 Å². The highest BCUT2D eigenvalue weighted by atomic mass is 19.1. The zero-order valence-corrected chi connectivity index (χ0v) is 13.9. The Kier molecular flexibility index (Phi) is 4.97. The molecule has 1 N–H and O–H groups in total. The van der Waals surface area contributed by atoms with Gasteiger partial charge in [-0.3, -0.25) is 9.59 Å². The maximum Gasteiger partial charge on any atom is 0.255 e. The van der Waals surface area contributed by atoms with Gasteiger partial charge < -0.3 is 15.0 Å². The molecule has 1 atom stereocenters. The fourth-order valence-corrected chi connectivity index (χ4v) is 2.97. The second kappa shape index (κ2) is 7.34. The number of nitrogens with one attached hydrogen (secondary N) is 1. The second-order valence-electron chi connectivity index (χ2n) is 5.98. The quantitative estimate of drug-likeness (QED) is 0.907. The van der Waals surface area contributed by atoms with E-state index in [1.54, 1.807) is 41.3 Å². The molecular weight excluding hydrogens is 323 g/mol. The Balaban J connectivity index is 1.63. The van der Waals surface area contributed by atoms with Crippen molar-refractivity contribution >= 4 is 11.8 Å². The fourth-order valence-electron chi connectivity index (χ4n) is 2.97. The minimum Gasteiger partial charge on any atom is -0.496 e. The molecule has 5 nitrogen and oxygen atoms in total. The van der Waals surface area contributed by atoms with Crippen LogP contribution < -0.4 is 10.1 Å². The van der Waals surface area contributed by atoms with Crippen LogP contribution in [0.5, 0.6) is 5.75 Å². The van der Waals surface area contributed by atoms with Crippen molar-refractivity contribution in [1.29, 1.82) is 0 Å². The number of carbonyl (C=O) groups is 2. The molecule has 0 radical (unpaired) electrons. The van der Waals surface area contributed by atoms with Gasteiger partial charge in [0, 0.05) is 19.5 Å². The summed E-state index contributed by atoms with van der Waals surface area (Å²) in [4.78, 5) is 26.2. The van der Waals surface area contributed by atoms with Gasteiger partial charge in [-0.15, -0.1) is 0 Å². The molecule has 1 aliphatic heterocycles. The lowest BCUT2D eigenvalue weighted by atomic mass is 10.1. The van der Waals surface area contributed by atoms with Crippen molar-refractivity contribution < 1.29 is 18.7 Å². The predicted octanol–water partition coefficient (Wildman–Crippen LogP) is 2.37. The largest absolute Gasteiger partial charge is 0.496 e. The minimum atomic E-state index is -0.329. The summed E-state index contributed by atoms with van der Waals surface area (Å²) in [6.07, 6.45) is 0.232. The Labute approximate surface area is 145 Å². The average molecular weight is 342 g/mol. The van der Waals surface area contributed by atoms with Gasteiger partial charge in [0.15, 0.2) is 0 Å². The zero-order chi connectivity index (χ0) is 17.8. The van der Waals surface area contributed by atoms with Gasteiger partial charge in [-0.25, -0.2) is 4.39 Å². The van der Waals surface area contributed by atoms with Gasteiger partial charge in [-0.05, 0) is 29.8 Å². The van der Waals surface area contributed by atoms with Crippen LogP contribution in [0.1, 0.15) is 22.3 Å². The van der Waals surface area contributed by atoms with Crippen molar-refractivity contribution in [1.82, 2.24) is 10.2 Å². The van der Waals surface area contributed by atoms with Crippen LogP contribution in [0.4, 0.5) is 4.39 Å². The van der Waals surface area contributed by atoms with Crippen molar-refractivity contribution in [3.63, 3.8) is 0 Å². The van der Waals surface area contributed by atoms with E-state index in [2.05, 4.69) is 5.32 Å². The van der Waals surface area contributed by atoms with E-state index in [0.29, 0.717) is 24.4 Å². The number of benzene rings is 2. The van der Waals surface area contributed by atoms with E-state index >= 15 is 0 Å². The SMILES string of the molecule is COc1ccccc1C(=O)NC1CC(=O)N(Cc2cccc(F)c2)C1. The molecule has 1 saturated heterocycles. The molecule has 3 rings (SSSR count). The zero-order valence-electron chi connectivity index (χ0n) is 13.9. The van der Waals surface area contributed by atoms with Gasteiger partial charge in [0.2, 0.25) is 5.91 Å². The lowest BCUT2D eigenvalue weighted by Gasteiger charge is -2.17. The molecule has 6 heteroatoms. The summed E-state index contributed by atoms with van der Waals surface area (Å²) in [6.45, 7) is 0.730. The number of hydrogen-bond donors (Lipinski definition) is 1. The number of halogens is 1. The van der Waals surface area contributed by atoms with E-state index in [0.717, 1.165) is 5.56 Å². The highest BCUT2D eigenvalue weighted by molar-refractivity contribution is 5.97.